The molecule has 1 atom stereocenters. The summed E-state index contributed by atoms with van der Waals surface area (Å²) < 4.78 is 0. The summed E-state index contributed by atoms with van der Waals surface area (Å²) in [5, 5.41) is 23.3. The molecule has 3 nitrogen and oxygen atoms in total. The number of hydrogen-bond acceptors (Lipinski definition) is 3. The Morgan fingerprint density at radius 3 is 2.60 bits per heavy atom. The van der Waals surface area contributed by atoms with Crippen LogP contribution in [0, 0.1) is 0 Å². The molecule has 2 aromatic rings. The van der Waals surface area contributed by atoms with Crippen LogP contribution in [-0.4, -0.2) is 10.2 Å². The van der Waals surface area contributed by atoms with Crippen LogP contribution in [0.2, 0.25) is 5.02 Å². The Hall–Kier alpha value is -1.71. The van der Waals surface area contributed by atoms with Crippen molar-refractivity contribution in [2.24, 2.45) is 0 Å². The Labute approximate surface area is 123 Å². The third kappa shape index (κ3) is 3.44. The smallest absolute Gasteiger partial charge is 0.161 e. The van der Waals surface area contributed by atoms with Gasteiger partial charge in [-0.25, -0.2) is 0 Å². The van der Waals surface area contributed by atoms with Crippen LogP contribution in [0.5, 0.6) is 11.5 Å². The molecule has 0 radical (unpaired) electrons. The van der Waals surface area contributed by atoms with Gasteiger partial charge in [0.2, 0.25) is 0 Å². The molecule has 0 amide bonds. The number of hydrogen-bond donors (Lipinski definition) is 3. The fourth-order valence-corrected chi connectivity index (χ4v) is 2.37. The van der Waals surface area contributed by atoms with E-state index in [1.165, 1.54) is 6.07 Å². The average Bonchev–Trinajstić information content (AvgIpc) is 2.44. The molecule has 0 aliphatic carbocycles. The molecule has 0 fully saturated rings. The van der Waals surface area contributed by atoms with Crippen LogP contribution in [0.4, 0.5) is 0 Å². The van der Waals surface area contributed by atoms with Gasteiger partial charge in [-0.2, -0.15) is 0 Å². The quantitative estimate of drug-likeness (QED) is 0.730. The van der Waals surface area contributed by atoms with Crippen molar-refractivity contribution in [2.75, 3.05) is 0 Å². The van der Waals surface area contributed by atoms with E-state index in [-0.39, 0.29) is 17.5 Å². The summed E-state index contributed by atoms with van der Waals surface area (Å²) in [5.41, 5.74) is 1.78. The topological polar surface area (TPSA) is 52.5 Å². The average molecular weight is 292 g/mol. The first-order chi connectivity index (χ1) is 9.61. The minimum absolute atomic E-state index is 0.0686. The van der Waals surface area contributed by atoms with Crippen LogP contribution >= 0.6 is 11.6 Å². The largest absolute Gasteiger partial charge is 0.504 e. The van der Waals surface area contributed by atoms with Crippen LogP contribution in [-0.2, 0) is 6.54 Å². The molecule has 106 valence electrons. The van der Waals surface area contributed by atoms with Gasteiger partial charge in [-0.15, -0.1) is 0 Å². The summed E-state index contributed by atoms with van der Waals surface area (Å²) in [5.74, 6) is -0.166. The van der Waals surface area contributed by atoms with Gasteiger partial charge in [-0.3, -0.25) is 0 Å². The van der Waals surface area contributed by atoms with Crippen molar-refractivity contribution in [3.63, 3.8) is 0 Å². The molecule has 2 rings (SSSR count). The lowest BCUT2D eigenvalue weighted by Crippen LogP contribution is -2.20. The molecule has 0 heterocycles. The van der Waals surface area contributed by atoms with E-state index in [4.69, 9.17) is 11.6 Å². The first-order valence-corrected chi connectivity index (χ1v) is 6.98. The van der Waals surface area contributed by atoms with E-state index in [1.807, 2.05) is 24.3 Å². The lowest BCUT2D eigenvalue weighted by Gasteiger charge is -2.18. The van der Waals surface area contributed by atoms with Crippen molar-refractivity contribution in [3.05, 3.63) is 58.6 Å². The van der Waals surface area contributed by atoms with E-state index >= 15 is 0 Å². The lowest BCUT2D eigenvalue weighted by molar-refractivity contribution is 0.395. The van der Waals surface area contributed by atoms with E-state index < -0.39 is 0 Å². The van der Waals surface area contributed by atoms with Gasteiger partial charge < -0.3 is 15.5 Å². The van der Waals surface area contributed by atoms with Crippen molar-refractivity contribution < 1.29 is 10.2 Å². The standard InChI is InChI=1S/C16H18ClNO2/c1-2-14(11-5-3-7-13(17)9-11)18-10-12-6-4-8-15(19)16(12)20/h3-9,14,18-20H,2,10H2,1H3. The zero-order valence-electron chi connectivity index (χ0n) is 11.3. The third-order valence-corrected chi connectivity index (χ3v) is 3.53. The summed E-state index contributed by atoms with van der Waals surface area (Å²) in [6.45, 7) is 2.56. The normalized spacial score (nSPS) is 12.3. The molecular formula is C16H18ClNO2. The number of rotatable bonds is 5. The molecule has 0 bridgehead atoms. The first-order valence-electron chi connectivity index (χ1n) is 6.60. The molecule has 0 aromatic heterocycles. The SMILES string of the molecule is CCC(NCc1cccc(O)c1O)c1cccc(Cl)c1. The van der Waals surface area contributed by atoms with Crippen molar-refractivity contribution in [1.82, 2.24) is 5.32 Å². The summed E-state index contributed by atoms with van der Waals surface area (Å²) in [7, 11) is 0. The molecule has 0 saturated carbocycles. The highest BCUT2D eigenvalue weighted by Crippen LogP contribution is 2.29. The highest BCUT2D eigenvalue weighted by atomic mass is 35.5. The maximum Gasteiger partial charge on any atom is 0.161 e. The fourth-order valence-electron chi connectivity index (χ4n) is 2.17. The van der Waals surface area contributed by atoms with Crippen molar-refractivity contribution in [2.45, 2.75) is 25.9 Å². The van der Waals surface area contributed by atoms with Gasteiger partial charge in [0.25, 0.3) is 0 Å². The van der Waals surface area contributed by atoms with Crippen molar-refractivity contribution in [3.8, 4) is 11.5 Å². The van der Waals surface area contributed by atoms with Crippen LogP contribution < -0.4 is 5.32 Å². The Kier molecular flexibility index (Phi) is 4.88. The molecule has 0 aliphatic rings. The minimum atomic E-state index is -0.0971. The number of aromatic hydroxyl groups is 2. The van der Waals surface area contributed by atoms with Gasteiger partial charge >= 0.3 is 0 Å². The van der Waals surface area contributed by atoms with Gasteiger partial charge in [-0.05, 0) is 30.2 Å². The van der Waals surface area contributed by atoms with Crippen LogP contribution in [0.15, 0.2) is 42.5 Å². The zero-order chi connectivity index (χ0) is 14.5. The lowest BCUT2D eigenvalue weighted by atomic mass is 10.0. The summed E-state index contributed by atoms with van der Waals surface area (Å²) >= 11 is 6.01. The predicted molar refractivity (Wildman–Crippen MR) is 81.1 cm³/mol. The number of para-hydroxylation sites is 1. The fraction of sp³-hybridized carbons (Fsp3) is 0.250. The molecule has 20 heavy (non-hydrogen) atoms. The van der Waals surface area contributed by atoms with Crippen LogP contribution in [0.25, 0.3) is 0 Å². The van der Waals surface area contributed by atoms with E-state index in [9.17, 15) is 10.2 Å². The Balaban J connectivity index is 2.10. The molecule has 3 N–H and O–H groups in total. The van der Waals surface area contributed by atoms with Gasteiger partial charge in [-0.1, -0.05) is 42.8 Å². The summed E-state index contributed by atoms with van der Waals surface area (Å²) in [6, 6.07) is 12.8. The number of phenolic OH excluding ortho intramolecular Hbond substituents is 2. The van der Waals surface area contributed by atoms with Crippen LogP contribution in [0.1, 0.15) is 30.5 Å². The number of benzene rings is 2. The van der Waals surface area contributed by atoms with E-state index in [0.29, 0.717) is 17.1 Å². The van der Waals surface area contributed by atoms with Crippen molar-refractivity contribution in [1.29, 1.82) is 0 Å². The molecule has 4 heteroatoms. The van der Waals surface area contributed by atoms with E-state index in [2.05, 4.69) is 12.2 Å². The second kappa shape index (κ2) is 6.64. The maximum atomic E-state index is 9.79. The zero-order valence-corrected chi connectivity index (χ0v) is 12.1. The predicted octanol–water partition coefficient (Wildman–Crippen LogP) is 3.99. The molecule has 2 aromatic carbocycles. The Morgan fingerprint density at radius 1 is 1.15 bits per heavy atom. The third-order valence-electron chi connectivity index (χ3n) is 3.30. The summed E-state index contributed by atoms with van der Waals surface area (Å²) in [4.78, 5) is 0. The summed E-state index contributed by atoms with van der Waals surface area (Å²) in [6.07, 6.45) is 0.903. The second-order valence-electron chi connectivity index (χ2n) is 4.68. The molecule has 0 aliphatic heterocycles. The number of halogens is 1. The van der Waals surface area contributed by atoms with Gasteiger partial charge in [0.05, 0.1) is 0 Å². The van der Waals surface area contributed by atoms with E-state index in [1.54, 1.807) is 12.1 Å². The molecule has 0 saturated heterocycles. The number of phenols is 2. The molecule has 1 unspecified atom stereocenters. The van der Waals surface area contributed by atoms with Crippen LogP contribution in [0.3, 0.4) is 0 Å². The maximum absolute atomic E-state index is 9.79. The van der Waals surface area contributed by atoms with Gasteiger partial charge in [0.15, 0.2) is 11.5 Å². The number of nitrogens with one attached hydrogen (secondary N) is 1. The minimum Gasteiger partial charge on any atom is -0.504 e. The van der Waals surface area contributed by atoms with Gasteiger partial charge in [0, 0.05) is 23.2 Å². The molecular weight excluding hydrogens is 274 g/mol. The van der Waals surface area contributed by atoms with Crippen molar-refractivity contribution >= 4 is 11.6 Å². The Morgan fingerprint density at radius 2 is 1.90 bits per heavy atom. The first kappa shape index (κ1) is 14.7. The highest BCUT2D eigenvalue weighted by molar-refractivity contribution is 6.30. The molecule has 0 spiro atoms. The highest BCUT2D eigenvalue weighted by Gasteiger charge is 2.11. The van der Waals surface area contributed by atoms with E-state index in [0.717, 1.165) is 12.0 Å². The monoisotopic (exact) mass is 291 g/mol. The van der Waals surface area contributed by atoms with Gasteiger partial charge in [0.1, 0.15) is 0 Å². The Bertz CT molecular complexity index is 586. The second-order valence-corrected chi connectivity index (χ2v) is 5.12.